The summed E-state index contributed by atoms with van der Waals surface area (Å²) in [7, 11) is 3.42. The maximum absolute atomic E-state index is 12.4. The van der Waals surface area contributed by atoms with Crippen LogP contribution < -0.4 is 16.0 Å². The molecule has 3 aromatic rings. The summed E-state index contributed by atoms with van der Waals surface area (Å²) in [6.07, 6.45) is 0. The van der Waals surface area contributed by atoms with Crippen LogP contribution in [-0.4, -0.2) is 39.4 Å². The number of aromatic amines is 4. The number of aromatic nitrogens is 4. The highest BCUT2D eigenvalue weighted by molar-refractivity contribution is 5.65. The first-order chi connectivity index (χ1) is 12.7. The fourth-order valence-corrected chi connectivity index (χ4v) is 3.33. The predicted octanol–water partition coefficient (Wildman–Crippen LogP) is 1.49. The Hall–Kier alpha value is -3.56. The van der Waals surface area contributed by atoms with Crippen LogP contribution in [0, 0.1) is 24.0 Å². The lowest BCUT2D eigenvalue weighted by molar-refractivity contribution is -0.384. The van der Waals surface area contributed by atoms with Crippen molar-refractivity contribution < 1.29 is 4.92 Å². The number of hydrogen-bond donors (Lipinski definition) is 4. The monoisotopic (exact) mass is 372 g/mol. The van der Waals surface area contributed by atoms with E-state index in [1.165, 1.54) is 6.07 Å². The third kappa shape index (κ3) is 3.05. The summed E-state index contributed by atoms with van der Waals surface area (Å²) >= 11 is 0. The number of nitrogens with one attached hydrogen (secondary N) is 4. The standard InChI is InChI=1S/C17H20N6O4/c1-8-13(16(24)20-18-8)15(14-9(2)19-21-17(14)25)10-5-6-11(22(3)4)12(7-10)23(26)27/h5-7,15H,1-4H3,(H2,18,20,24)(H2,19,21,25). The van der Waals surface area contributed by atoms with Gasteiger partial charge in [0.1, 0.15) is 5.69 Å². The summed E-state index contributed by atoms with van der Waals surface area (Å²) in [6.45, 7) is 3.41. The number of H-pyrrole nitrogens is 4. The van der Waals surface area contributed by atoms with Crippen LogP contribution in [0.3, 0.4) is 0 Å². The van der Waals surface area contributed by atoms with Gasteiger partial charge in [-0.2, -0.15) is 0 Å². The molecule has 0 saturated carbocycles. The Kier molecular flexibility index (Phi) is 4.48. The Balaban J connectivity index is 2.33. The SMILES string of the molecule is Cc1[nH][nH]c(=O)c1C(c1ccc(N(C)C)c([N+](=O)[O-])c1)c1c(C)[nH][nH]c1=O. The van der Waals surface area contributed by atoms with E-state index in [9.17, 15) is 19.7 Å². The van der Waals surface area contributed by atoms with Gasteiger partial charge in [-0.05, 0) is 25.5 Å². The number of anilines is 1. The highest BCUT2D eigenvalue weighted by Gasteiger charge is 2.30. The quantitative estimate of drug-likeness (QED) is 0.396. The molecule has 4 N–H and O–H groups in total. The number of nitrogens with zero attached hydrogens (tertiary/aromatic N) is 2. The van der Waals surface area contributed by atoms with Crippen molar-refractivity contribution >= 4 is 11.4 Å². The van der Waals surface area contributed by atoms with Crippen LogP contribution in [0.25, 0.3) is 0 Å². The van der Waals surface area contributed by atoms with Gasteiger partial charge in [0.05, 0.1) is 16.1 Å². The lowest BCUT2D eigenvalue weighted by atomic mass is 9.85. The molecule has 0 aliphatic rings. The lowest BCUT2D eigenvalue weighted by Crippen LogP contribution is -2.20. The molecule has 10 nitrogen and oxygen atoms in total. The molecule has 0 bridgehead atoms. The Bertz CT molecular complexity index is 1060. The van der Waals surface area contributed by atoms with Gasteiger partial charge in [0.15, 0.2) is 0 Å². The lowest BCUT2D eigenvalue weighted by Gasteiger charge is -2.18. The zero-order valence-corrected chi connectivity index (χ0v) is 15.3. The third-order valence-electron chi connectivity index (χ3n) is 4.61. The van der Waals surface area contributed by atoms with E-state index < -0.39 is 10.8 Å². The van der Waals surface area contributed by atoms with Gasteiger partial charge in [-0.3, -0.25) is 29.9 Å². The van der Waals surface area contributed by atoms with Crippen molar-refractivity contribution in [1.29, 1.82) is 0 Å². The smallest absolute Gasteiger partial charge is 0.292 e. The Labute approximate surface area is 153 Å². The molecule has 10 heteroatoms. The van der Waals surface area contributed by atoms with Crippen molar-refractivity contribution in [2.75, 3.05) is 19.0 Å². The average molecular weight is 372 g/mol. The zero-order chi connectivity index (χ0) is 19.9. The van der Waals surface area contributed by atoms with E-state index in [1.54, 1.807) is 45.0 Å². The van der Waals surface area contributed by atoms with Gasteiger partial charge in [-0.25, -0.2) is 0 Å². The molecule has 0 atom stereocenters. The minimum atomic E-state index is -0.759. The summed E-state index contributed by atoms with van der Waals surface area (Å²) in [5.41, 5.74) is 1.86. The fraction of sp³-hybridized carbons (Fsp3) is 0.294. The summed E-state index contributed by atoms with van der Waals surface area (Å²) in [5, 5.41) is 22.1. The number of rotatable bonds is 5. The van der Waals surface area contributed by atoms with Gasteiger partial charge in [0, 0.05) is 37.5 Å². The zero-order valence-electron chi connectivity index (χ0n) is 15.3. The second kappa shape index (κ2) is 6.63. The topological polar surface area (TPSA) is 144 Å². The molecule has 0 aliphatic carbocycles. The first kappa shape index (κ1) is 18.2. The molecule has 0 unspecified atom stereocenters. The number of hydrogen-bond acceptors (Lipinski definition) is 5. The Morgan fingerprint density at radius 3 is 1.85 bits per heavy atom. The molecule has 0 aliphatic heterocycles. The van der Waals surface area contributed by atoms with Gasteiger partial charge in [0.25, 0.3) is 16.8 Å². The largest absolute Gasteiger partial charge is 0.372 e. The molecule has 0 saturated heterocycles. The van der Waals surface area contributed by atoms with Crippen LogP contribution >= 0.6 is 0 Å². The second-order valence-electron chi connectivity index (χ2n) is 6.57. The predicted molar refractivity (Wildman–Crippen MR) is 101 cm³/mol. The first-order valence-corrected chi connectivity index (χ1v) is 8.22. The van der Waals surface area contributed by atoms with Crippen LogP contribution in [0.5, 0.6) is 0 Å². The van der Waals surface area contributed by atoms with E-state index in [1.807, 2.05) is 0 Å². The molecule has 0 spiro atoms. The molecule has 27 heavy (non-hydrogen) atoms. The maximum Gasteiger partial charge on any atom is 0.292 e. The summed E-state index contributed by atoms with van der Waals surface area (Å²) in [6, 6.07) is 4.73. The average Bonchev–Trinajstić information content (AvgIpc) is 3.12. The highest BCUT2D eigenvalue weighted by Crippen LogP contribution is 2.36. The van der Waals surface area contributed by atoms with Crippen molar-refractivity contribution in [3.63, 3.8) is 0 Å². The molecule has 142 valence electrons. The fourth-order valence-electron chi connectivity index (χ4n) is 3.33. The van der Waals surface area contributed by atoms with Crippen LogP contribution in [0.2, 0.25) is 0 Å². The number of aryl methyl sites for hydroxylation is 2. The molecule has 0 amide bonds. The normalized spacial score (nSPS) is 11.1. The molecular weight excluding hydrogens is 352 g/mol. The van der Waals surface area contributed by atoms with Crippen molar-refractivity contribution in [1.82, 2.24) is 20.4 Å². The molecule has 2 heterocycles. The number of nitro groups is 1. The van der Waals surface area contributed by atoms with Crippen LogP contribution in [0.4, 0.5) is 11.4 Å². The Morgan fingerprint density at radius 1 is 0.963 bits per heavy atom. The van der Waals surface area contributed by atoms with E-state index in [4.69, 9.17) is 0 Å². The van der Waals surface area contributed by atoms with Crippen LogP contribution in [0.1, 0.15) is 34.0 Å². The summed E-state index contributed by atoms with van der Waals surface area (Å²) < 4.78 is 0. The van der Waals surface area contributed by atoms with Gasteiger partial charge >= 0.3 is 0 Å². The van der Waals surface area contributed by atoms with E-state index in [-0.39, 0.29) is 16.8 Å². The van der Waals surface area contributed by atoms with Crippen molar-refractivity contribution in [2.24, 2.45) is 0 Å². The van der Waals surface area contributed by atoms with Gasteiger partial charge in [-0.15, -0.1) is 0 Å². The van der Waals surface area contributed by atoms with E-state index in [0.29, 0.717) is 33.8 Å². The molecular formula is C17H20N6O4. The molecule has 3 rings (SSSR count). The maximum atomic E-state index is 12.4. The van der Waals surface area contributed by atoms with Crippen molar-refractivity contribution in [2.45, 2.75) is 19.8 Å². The molecule has 0 fully saturated rings. The van der Waals surface area contributed by atoms with E-state index in [2.05, 4.69) is 20.4 Å². The highest BCUT2D eigenvalue weighted by atomic mass is 16.6. The molecule has 0 radical (unpaired) electrons. The first-order valence-electron chi connectivity index (χ1n) is 8.22. The van der Waals surface area contributed by atoms with Gasteiger partial charge in [-0.1, -0.05) is 6.07 Å². The summed E-state index contributed by atoms with van der Waals surface area (Å²) in [5.74, 6) is -0.759. The summed E-state index contributed by atoms with van der Waals surface area (Å²) in [4.78, 5) is 37.6. The van der Waals surface area contributed by atoms with E-state index in [0.717, 1.165) is 0 Å². The van der Waals surface area contributed by atoms with Gasteiger partial charge < -0.3 is 15.1 Å². The van der Waals surface area contributed by atoms with Gasteiger partial charge in [0.2, 0.25) is 0 Å². The number of nitro benzene ring substituents is 1. The molecule has 1 aromatic carbocycles. The Morgan fingerprint density at radius 2 is 1.48 bits per heavy atom. The minimum Gasteiger partial charge on any atom is -0.372 e. The second-order valence-corrected chi connectivity index (χ2v) is 6.57. The van der Waals surface area contributed by atoms with E-state index >= 15 is 0 Å². The van der Waals surface area contributed by atoms with Crippen LogP contribution in [-0.2, 0) is 0 Å². The van der Waals surface area contributed by atoms with Crippen molar-refractivity contribution in [3.8, 4) is 0 Å². The minimum absolute atomic E-state index is 0.100. The third-order valence-corrected chi connectivity index (χ3v) is 4.61. The molecule has 2 aromatic heterocycles. The van der Waals surface area contributed by atoms with Crippen LogP contribution in [0.15, 0.2) is 27.8 Å². The van der Waals surface area contributed by atoms with Crippen molar-refractivity contribution in [3.05, 3.63) is 77.1 Å². The number of benzene rings is 1.